The van der Waals surface area contributed by atoms with Crippen LogP contribution in [0.3, 0.4) is 0 Å². The van der Waals surface area contributed by atoms with Crippen LogP contribution in [0.4, 0.5) is 5.69 Å². The minimum atomic E-state index is 0.355. The summed E-state index contributed by atoms with van der Waals surface area (Å²) in [6, 6.07) is 8.41. The second-order valence-corrected chi connectivity index (χ2v) is 5.47. The van der Waals surface area contributed by atoms with Crippen molar-refractivity contribution in [3.05, 3.63) is 36.0 Å². The number of aromatic nitrogens is 1. The number of fused-ring (bicyclic) bond motifs is 1. The molecule has 104 valence electrons. The van der Waals surface area contributed by atoms with Gasteiger partial charge in [-0.25, -0.2) is 0 Å². The van der Waals surface area contributed by atoms with Gasteiger partial charge in [-0.15, -0.1) is 0 Å². The van der Waals surface area contributed by atoms with Gasteiger partial charge in [-0.3, -0.25) is 4.98 Å². The predicted molar refractivity (Wildman–Crippen MR) is 85.3 cm³/mol. The fourth-order valence-corrected chi connectivity index (χ4v) is 2.85. The number of benzene rings is 1. The molecular weight excluding hydrogens is 270 g/mol. The summed E-state index contributed by atoms with van der Waals surface area (Å²) in [6.07, 6.45) is 2.79. The molecule has 1 aliphatic rings. The van der Waals surface area contributed by atoms with E-state index in [-0.39, 0.29) is 0 Å². The van der Waals surface area contributed by atoms with E-state index < -0.39 is 0 Å². The van der Waals surface area contributed by atoms with E-state index >= 15 is 0 Å². The summed E-state index contributed by atoms with van der Waals surface area (Å²) >= 11 is 5.19. The standard InChI is InChI=1S/C15H17N3OS/c1-18(10-6-7-19-9-10)14-11-4-2-3-5-13(11)17-8-12(14)15(16)20/h2-5,8,10H,6-7,9H2,1H3,(H2,16,20). The number of para-hydroxylation sites is 1. The average Bonchev–Trinajstić information content (AvgIpc) is 2.99. The van der Waals surface area contributed by atoms with E-state index in [1.807, 2.05) is 18.2 Å². The minimum Gasteiger partial charge on any atom is -0.389 e. The zero-order valence-electron chi connectivity index (χ0n) is 11.4. The highest BCUT2D eigenvalue weighted by Gasteiger charge is 2.24. The summed E-state index contributed by atoms with van der Waals surface area (Å²) < 4.78 is 5.49. The van der Waals surface area contributed by atoms with E-state index in [9.17, 15) is 0 Å². The second-order valence-electron chi connectivity index (χ2n) is 5.03. The highest BCUT2D eigenvalue weighted by Crippen LogP contribution is 2.31. The third-order valence-electron chi connectivity index (χ3n) is 3.82. The molecule has 1 aromatic heterocycles. The number of nitrogens with zero attached hydrogens (tertiary/aromatic N) is 2. The van der Waals surface area contributed by atoms with Crippen LogP contribution >= 0.6 is 12.2 Å². The van der Waals surface area contributed by atoms with Crippen LogP contribution in [0, 0.1) is 0 Å². The first-order valence-electron chi connectivity index (χ1n) is 6.66. The molecule has 1 atom stereocenters. The highest BCUT2D eigenvalue weighted by molar-refractivity contribution is 7.80. The molecular formula is C15H17N3OS. The van der Waals surface area contributed by atoms with Crippen LogP contribution in [-0.4, -0.2) is 36.3 Å². The number of nitrogens with two attached hydrogens (primary N) is 1. The van der Waals surface area contributed by atoms with Crippen molar-refractivity contribution in [1.82, 2.24) is 4.98 Å². The molecule has 5 heteroatoms. The third-order valence-corrected chi connectivity index (χ3v) is 4.04. The van der Waals surface area contributed by atoms with E-state index in [1.165, 1.54) is 0 Å². The Bertz CT molecular complexity index is 653. The molecule has 20 heavy (non-hydrogen) atoms. The fourth-order valence-electron chi connectivity index (χ4n) is 2.70. The van der Waals surface area contributed by atoms with Gasteiger partial charge in [-0.1, -0.05) is 30.4 Å². The van der Waals surface area contributed by atoms with Gasteiger partial charge in [0.15, 0.2) is 0 Å². The number of rotatable bonds is 3. The Hall–Kier alpha value is -1.72. The Balaban J connectivity index is 2.18. The lowest BCUT2D eigenvalue weighted by atomic mass is 10.1. The number of pyridine rings is 1. The van der Waals surface area contributed by atoms with Crippen LogP contribution in [-0.2, 0) is 4.74 Å². The van der Waals surface area contributed by atoms with Gasteiger partial charge in [-0.2, -0.15) is 0 Å². The largest absolute Gasteiger partial charge is 0.389 e. The zero-order valence-corrected chi connectivity index (χ0v) is 12.2. The summed E-state index contributed by atoms with van der Waals surface area (Å²) in [7, 11) is 2.07. The van der Waals surface area contributed by atoms with Gasteiger partial charge in [0.1, 0.15) is 4.99 Å². The molecule has 1 unspecified atom stereocenters. The van der Waals surface area contributed by atoms with Crippen LogP contribution in [0.25, 0.3) is 10.9 Å². The summed E-state index contributed by atoms with van der Waals surface area (Å²) in [5, 5.41) is 1.08. The van der Waals surface area contributed by atoms with Crippen molar-refractivity contribution in [2.45, 2.75) is 12.5 Å². The van der Waals surface area contributed by atoms with E-state index in [1.54, 1.807) is 6.20 Å². The van der Waals surface area contributed by atoms with Gasteiger partial charge < -0.3 is 15.4 Å². The van der Waals surface area contributed by atoms with Crippen molar-refractivity contribution in [3.63, 3.8) is 0 Å². The van der Waals surface area contributed by atoms with Crippen molar-refractivity contribution < 1.29 is 4.74 Å². The summed E-state index contributed by atoms with van der Waals surface area (Å²) in [5.74, 6) is 0. The zero-order chi connectivity index (χ0) is 14.1. The first-order chi connectivity index (χ1) is 9.68. The van der Waals surface area contributed by atoms with E-state index in [0.717, 1.165) is 41.8 Å². The molecule has 0 radical (unpaired) electrons. The van der Waals surface area contributed by atoms with Gasteiger partial charge in [0, 0.05) is 25.2 Å². The fraction of sp³-hybridized carbons (Fsp3) is 0.333. The topological polar surface area (TPSA) is 51.4 Å². The molecule has 2 heterocycles. The Morgan fingerprint density at radius 1 is 1.45 bits per heavy atom. The van der Waals surface area contributed by atoms with Crippen LogP contribution in [0.5, 0.6) is 0 Å². The number of hydrogen-bond acceptors (Lipinski definition) is 4. The first-order valence-corrected chi connectivity index (χ1v) is 7.07. The Morgan fingerprint density at radius 2 is 2.25 bits per heavy atom. The van der Waals surface area contributed by atoms with Gasteiger partial charge in [0.25, 0.3) is 0 Å². The van der Waals surface area contributed by atoms with Crippen molar-refractivity contribution in [2.24, 2.45) is 5.73 Å². The molecule has 3 rings (SSSR count). The van der Waals surface area contributed by atoms with Crippen LogP contribution in [0.1, 0.15) is 12.0 Å². The monoisotopic (exact) mass is 287 g/mol. The Kier molecular flexibility index (Phi) is 3.54. The maximum atomic E-state index is 5.88. The maximum absolute atomic E-state index is 5.88. The van der Waals surface area contributed by atoms with E-state index in [2.05, 4.69) is 23.0 Å². The third kappa shape index (κ3) is 2.23. The summed E-state index contributed by atoms with van der Waals surface area (Å²) in [5.41, 5.74) is 8.71. The maximum Gasteiger partial charge on any atom is 0.107 e. The smallest absolute Gasteiger partial charge is 0.107 e. The van der Waals surface area contributed by atoms with Gasteiger partial charge in [-0.05, 0) is 12.5 Å². The quantitative estimate of drug-likeness (QED) is 0.876. The first kappa shape index (κ1) is 13.3. The van der Waals surface area contributed by atoms with Crippen molar-refractivity contribution in [3.8, 4) is 0 Å². The highest BCUT2D eigenvalue weighted by atomic mass is 32.1. The number of hydrogen-bond donors (Lipinski definition) is 1. The number of anilines is 1. The molecule has 0 aliphatic carbocycles. The van der Waals surface area contributed by atoms with Crippen molar-refractivity contribution in [1.29, 1.82) is 0 Å². The number of likely N-dealkylation sites (N-methyl/N-ethyl adjacent to an activating group) is 1. The van der Waals surface area contributed by atoms with Gasteiger partial charge in [0.2, 0.25) is 0 Å². The van der Waals surface area contributed by atoms with Gasteiger partial charge >= 0.3 is 0 Å². The summed E-state index contributed by atoms with van der Waals surface area (Å²) in [6.45, 7) is 1.55. The molecule has 1 saturated heterocycles. The second kappa shape index (κ2) is 5.34. The molecule has 1 aromatic carbocycles. The number of ether oxygens (including phenoxy) is 1. The normalized spacial score (nSPS) is 18.4. The molecule has 4 nitrogen and oxygen atoms in total. The van der Waals surface area contributed by atoms with Crippen LogP contribution in [0.2, 0.25) is 0 Å². The lowest BCUT2D eigenvalue weighted by Crippen LogP contribution is -2.33. The van der Waals surface area contributed by atoms with Crippen LogP contribution in [0.15, 0.2) is 30.5 Å². The molecule has 2 aromatic rings. The molecule has 1 fully saturated rings. The predicted octanol–water partition coefficient (Wildman–Crippen LogP) is 2.09. The van der Waals surface area contributed by atoms with E-state index in [0.29, 0.717) is 11.0 Å². The molecule has 0 bridgehead atoms. The molecule has 0 saturated carbocycles. The number of thiocarbonyl (C=S) groups is 1. The lowest BCUT2D eigenvalue weighted by Gasteiger charge is -2.28. The van der Waals surface area contributed by atoms with Crippen molar-refractivity contribution in [2.75, 3.05) is 25.2 Å². The molecule has 0 amide bonds. The Morgan fingerprint density at radius 3 is 2.95 bits per heavy atom. The molecule has 2 N–H and O–H groups in total. The Labute approximate surface area is 123 Å². The van der Waals surface area contributed by atoms with Crippen LogP contribution < -0.4 is 10.6 Å². The van der Waals surface area contributed by atoms with E-state index in [4.69, 9.17) is 22.7 Å². The molecule has 1 aliphatic heterocycles. The SMILES string of the molecule is CN(c1c(C(N)=S)cnc2ccccc12)C1CCOC1. The minimum absolute atomic E-state index is 0.355. The van der Waals surface area contributed by atoms with Gasteiger partial charge in [0.05, 0.1) is 29.4 Å². The van der Waals surface area contributed by atoms with Crippen molar-refractivity contribution >= 4 is 33.8 Å². The lowest BCUT2D eigenvalue weighted by molar-refractivity contribution is 0.193. The molecule has 0 spiro atoms. The summed E-state index contributed by atoms with van der Waals surface area (Å²) in [4.78, 5) is 7.05. The average molecular weight is 287 g/mol.